The Hall–Kier alpha value is -3.01. The Morgan fingerprint density at radius 3 is 2.45 bits per heavy atom. The van der Waals surface area contributed by atoms with Gasteiger partial charge in [0.1, 0.15) is 6.67 Å². The summed E-state index contributed by atoms with van der Waals surface area (Å²) in [4.78, 5) is 14.1. The van der Waals surface area contributed by atoms with E-state index < -0.39 is 30.4 Å². The summed E-state index contributed by atoms with van der Waals surface area (Å²) in [5, 5.41) is 13.2. The molecule has 0 fully saturated rings. The monoisotopic (exact) mass is 564 g/mol. The highest BCUT2D eigenvalue weighted by molar-refractivity contribution is 7.98. The number of aliphatic hydroxyl groups excluding tert-OH is 1. The normalized spacial score (nSPS) is 12.6. The van der Waals surface area contributed by atoms with Gasteiger partial charge in [-0.05, 0) is 65.9 Å². The highest BCUT2D eigenvalue weighted by Gasteiger charge is 2.33. The van der Waals surface area contributed by atoms with Crippen molar-refractivity contribution >= 4 is 40.2 Å². The van der Waals surface area contributed by atoms with Crippen molar-refractivity contribution in [2.75, 3.05) is 19.5 Å². The molecule has 4 aromatic rings. The second-order valence-electron chi connectivity index (χ2n) is 8.71. The standard InChI is InChI=1S/C28H25ClF4N2O2S/c1-38-23-7-3-17(4-8-23)25(16-36)34-27(37)19-5-9-26-20(12-19)14-22(35(26)11-10-30)13-18-2-6-21(29)15-24(18)28(31,32)33/h2-9,12,14-15,25,36H,10-11,13,16H2,1H3,(H,34,37). The van der Waals surface area contributed by atoms with Gasteiger partial charge in [0.15, 0.2) is 0 Å². The van der Waals surface area contributed by atoms with Gasteiger partial charge in [-0.15, -0.1) is 11.8 Å². The first-order valence-electron chi connectivity index (χ1n) is 11.7. The fourth-order valence-electron chi connectivity index (χ4n) is 4.44. The molecular weight excluding hydrogens is 540 g/mol. The molecule has 1 amide bonds. The molecule has 0 aliphatic heterocycles. The summed E-state index contributed by atoms with van der Waals surface area (Å²) in [7, 11) is 0. The molecule has 1 heterocycles. The van der Waals surface area contributed by atoms with Crippen LogP contribution in [0.5, 0.6) is 0 Å². The maximum absolute atomic E-state index is 13.6. The predicted molar refractivity (Wildman–Crippen MR) is 143 cm³/mol. The Morgan fingerprint density at radius 2 is 1.82 bits per heavy atom. The highest BCUT2D eigenvalue weighted by Crippen LogP contribution is 2.35. The van der Waals surface area contributed by atoms with E-state index in [0.29, 0.717) is 22.2 Å². The van der Waals surface area contributed by atoms with Crippen molar-refractivity contribution in [2.45, 2.75) is 30.1 Å². The minimum Gasteiger partial charge on any atom is -0.394 e. The maximum atomic E-state index is 13.6. The fraction of sp³-hybridized carbons (Fsp3) is 0.250. The zero-order valence-corrected chi connectivity index (χ0v) is 21.9. The number of aliphatic hydroxyl groups is 1. The first-order chi connectivity index (χ1) is 18.1. The lowest BCUT2D eigenvalue weighted by Gasteiger charge is -2.17. The molecular formula is C28H25ClF4N2O2S. The van der Waals surface area contributed by atoms with E-state index >= 15 is 0 Å². The van der Waals surface area contributed by atoms with E-state index in [1.54, 1.807) is 40.6 Å². The van der Waals surface area contributed by atoms with E-state index in [9.17, 15) is 27.5 Å². The van der Waals surface area contributed by atoms with Crippen molar-refractivity contribution < 1.29 is 27.5 Å². The number of alkyl halides is 4. The number of thioether (sulfide) groups is 1. The summed E-state index contributed by atoms with van der Waals surface area (Å²) < 4.78 is 55.9. The van der Waals surface area contributed by atoms with Gasteiger partial charge in [0.25, 0.3) is 5.91 Å². The molecule has 0 bridgehead atoms. The minimum atomic E-state index is -4.60. The summed E-state index contributed by atoms with van der Waals surface area (Å²) in [6.45, 7) is -1.05. The van der Waals surface area contributed by atoms with Crippen LogP contribution in [0, 0.1) is 0 Å². The lowest BCUT2D eigenvalue weighted by Crippen LogP contribution is -2.30. The first-order valence-corrected chi connectivity index (χ1v) is 13.3. The van der Waals surface area contributed by atoms with E-state index in [2.05, 4.69) is 5.32 Å². The van der Waals surface area contributed by atoms with Crippen LogP contribution in [-0.4, -0.2) is 35.1 Å². The van der Waals surface area contributed by atoms with E-state index in [0.717, 1.165) is 16.5 Å². The van der Waals surface area contributed by atoms with Gasteiger partial charge in [0, 0.05) is 38.5 Å². The van der Waals surface area contributed by atoms with Gasteiger partial charge in [-0.1, -0.05) is 29.8 Å². The lowest BCUT2D eigenvalue weighted by molar-refractivity contribution is -0.138. The molecule has 0 spiro atoms. The average Bonchev–Trinajstić information content (AvgIpc) is 3.23. The molecule has 3 aromatic carbocycles. The van der Waals surface area contributed by atoms with Crippen LogP contribution in [0.3, 0.4) is 0 Å². The Morgan fingerprint density at radius 1 is 1.08 bits per heavy atom. The van der Waals surface area contributed by atoms with Crippen LogP contribution >= 0.6 is 23.4 Å². The zero-order valence-electron chi connectivity index (χ0n) is 20.4. The van der Waals surface area contributed by atoms with Gasteiger partial charge >= 0.3 is 6.18 Å². The van der Waals surface area contributed by atoms with Gasteiger partial charge in [-0.25, -0.2) is 4.39 Å². The summed E-state index contributed by atoms with van der Waals surface area (Å²) in [6, 6.07) is 17.0. The number of carbonyl (C=O) groups excluding carboxylic acids is 1. The number of carbonyl (C=O) groups is 1. The van der Waals surface area contributed by atoms with Crippen molar-refractivity contribution in [2.24, 2.45) is 0 Å². The molecule has 1 atom stereocenters. The second kappa shape index (κ2) is 11.8. The lowest BCUT2D eigenvalue weighted by atomic mass is 10.0. The largest absolute Gasteiger partial charge is 0.416 e. The highest BCUT2D eigenvalue weighted by atomic mass is 35.5. The number of aromatic nitrogens is 1. The smallest absolute Gasteiger partial charge is 0.394 e. The van der Waals surface area contributed by atoms with Crippen LogP contribution in [0.25, 0.3) is 10.9 Å². The van der Waals surface area contributed by atoms with Crippen molar-refractivity contribution in [1.82, 2.24) is 9.88 Å². The SMILES string of the molecule is CSc1ccc(C(CO)NC(=O)c2ccc3c(c2)cc(Cc2ccc(Cl)cc2C(F)(F)F)n3CCF)cc1. The number of nitrogens with zero attached hydrogens (tertiary/aromatic N) is 1. The molecule has 200 valence electrons. The summed E-state index contributed by atoms with van der Waals surface area (Å²) in [5.41, 5.74) is 1.31. The third-order valence-electron chi connectivity index (χ3n) is 6.31. The molecule has 1 unspecified atom stereocenters. The van der Waals surface area contributed by atoms with E-state index in [1.807, 2.05) is 30.5 Å². The molecule has 1 aromatic heterocycles. The van der Waals surface area contributed by atoms with Crippen molar-refractivity contribution in [1.29, 1.82) is 0 Å². The Balaban J connectivity index is 1.64. The van der Waals surface area contributed by atoms with Crippen LogP contribution in [0.15, 0.2) is 71.6 Å². The Labute approximate surface area is 226 Å². The van der Waals surface area contributed by atoms with E-state index in [4.69, 9.17) is 11.6 Å². The molecule has 38 heavy (non-hydrogen) atoms. The third kappa shape index (κ3) is 6.17. The van der Waals surface area contributed by atoms with E-state index in [-0.39, 0.29) is 30.2 Å². The van der Waals surface area contributed by atoms with E-state index in [1.165, 1.54) is 12.1 Å². The Kier molecular flexibility index (Phi) is 8.70. The molecule has 0 aliphatic carbocycles. The van der Waals surface area contributed by atoms with Gasteiger partial charge in [0.05, 0.1) is 24.8 Å². The predicted octanol–water partition coefficient (Wildman–Crippen LogP) is 7.06. The molecule has 0 radical (unpaired) electrons. The first kappa shape index (κ1) is 28.0. The molecule has 0 aliphatic rings. The van der Waals surface area contributed by atoms with Crippen molar-refractivity contribution in [3.63, 3.8) is 0 Å². The third-order valence-corrected chi connectivity index (χ3v) is 7.29. The van der Waals surface area contributed by atoms with Crippen molar-refractivity contribution in [3.05, 3.63) is 99.7 Å². The van der Waals surface area contributed by atoms with Gasteiger partial charge in [-0.3, -0.25) is 4.79 Å². The number of halogens is 5. The summed E-state index contributed by atoms with van der Waals surface area (Å²) in [6.07, 6.45) is -2.74. The van der Waals surface area contributed by atoms with Crippen LogP contribution in [0.4, 0.5) is 17.6 Å². The molecule has 10 heteroatoms. The summed E-state index contributed by atoms with van der Waals surface area (Å²) >= 11 is 7.39. The number of aryl methyl sites for hydroxylation is 1. The Bertz CT molecular complexity index is 1440. The topological polar surface area (TPSA) is 54.3 Å². The quantitative estimate of drug-likeness (QED) is 0.169. The number of hydrogen-bond acceptors (Lipinski definition) is 3. The number of fused-ring (bicyclic) bond motifs is 1. The van der Waals surface area contributed by atoms with Gasteiger partial charge < -0.3 is 15.0 Å². The number of amides is 1. The van der Waals surface area contributed by atoms with Gasteiger partial charge in [0.2, 0.25) is 0 Å². The average molecular weight is 565 g/mol. The molecule has 4 rings (SSSR count). The van der Waals surface area contributed by atoms with Crippen LogP contribution in [0.2, 0.25) is 5.02 Å². The number of hydrogen-bond donors (Lipinski definition) is 2. The van der Waals surface area contributed by atoms with Crippen LogP contribution in [0.1, 0.15) is 38.8 Å². The fourth-order valence-corrected chi connectivity index (χ4v) is 5.02. The molecule has 2 N–H and O–H groups in total. The maximum Gasteiger partial charge on any atom is 0.416 e. The van der Waals surface area contributed by atoms with Crippen LogP contribution in [-0.2, 0) is 19.1 Å². The number of nitrogens with one attached hydrogen (secondary N) is 1. The van der Waals surface area contributed by atoms with Gasteiger partial charge in [-0.2, -0.15) is 13.2 Å². The zero-order chi connectivity index (χ0) is 27.4. The summed E-state index contributed by atoms with van der Waals surface area (Å²) in [5.74, 6) is -0.420. The molecule has 0 saturated carbocycles. The number of rotatable bonds is 9. The molecule has 0 saturated heterocycles. The van der Waals surface area contributed by atoms with Crippen molar-refractivity contribution in [3.8, 4) is 0 Å². The minimum absolute atomic E-state index is 0.0149. The van der Waals surface area contributed by atoms with Crippen LogP contribution < -0.4 is 5.32 Å². The molecule has 4 nitrogen and oxygen atoms in total. The number of benzene rings is 3. The second-order valence-corrected chi connectivity index (χ2v) is 10.0.